The first-order valence-electron chi connectivity index (χ1n) is 6.38. The number of amides is 1. The Labute approximate surface area is 107 Å². The first kappa shape index (κ1) is 12.7. The Morgan fingerprint density at radius 1 is 1.41 bits per heavy atom. The summed E-state index contributed by atoms with van der Waals surface area (Å²) in [5.74, 6) is 1.96. The third kappa shape index (κ3) is 3.63. The number of carbonyl (C=O) groups is 1. The quantitative estimate of drug-likeness (QED) is 0.801. The number of rotatable bonds is 3. The van der Waals surface area contributed by atoms with Crippen molar-refractivity contribution in [1.82, 2.24) is 10.6 Å². The molecule has 2 atom stereocenters. The van der Waals surface area contributed by atoms with Crippen molar-refractivity contribution in [3.8, 4) is 0 Å². The van der Waals surface area contributed by atoms with Crippen LogP contribution < -0.4 is 10.6 Å². The second-order valence-corrected chi connectivity index (χ2v) is 6.16. The molecular formula is C12H21N3OS. The second kappa shape index (κ2) is 5.76. The van der Waals surface area contributed by atoms with E-state index < -0.39 is 0 Å². The fourth-order valence-electron chi connectivity index (χ4n) is 2.15. The summed E-state index contributed by atoms with van der Waals surface area (Å²) in [5.41, 5.74) is 0. The molecule has 2 fully saturated rings. The van der Waals surface area contributed by atoms with Crippen LogP contribution in [-0.2, 0) is 4.79 Å². The summed E-state index contributed by atoms with van der Waals surface area (Å²) in [5, 5.41) is 7.48. The summed E-state index contributed by atoms with van der Waals surface area (Å²) in [6.07, 6.45) is 2.79. The van der Waals surface area contributed by atoms with Crippen molar-refractivity contribution in [2.75, 3.05) is 12.3 Å². The molecule has 2 aliphatic rings. The van der Waals surface area contributed by atoms with Crippen LogP contribution in [0.25, 0.3) is 0 Å². The maximum Gasteiger partial charge on any atom is 0.220 e. The Morgan fingerprint density at radius 2 is 2.24 bits per heavy atom. The molecule has 0 radical (unpaired) electrons. The van der Waals surface area contributed by atoms with Gasteiger partial charge < -0.3 is 10.6 Å². The number of amidine groups is 1. The van der Waals surface area contributed by atoms with Crippen LogP contribution in [0, 0.1) is 5.92 Å². The number of carbonyl (C=O) groups excluding carboxylic acids is 1. The summed E-state index contributed by atoms with van der Waals surface area (Å²) < 4.78 is 0. The van der Waals surface area contributed by atoms with Gasteiger partial charge in [-0.15, -0.1) is 0 Å². The molecule has 17 heavy (non-hydrogen) atoms. The van der Waals surface area contributed by atoms with E-state index in [4.69, 9.17) is 0 Å². The first-order chi connectivity index (χ1) is 8.15. The van der Waals surface area contributed by atoms with E-state index in [1.807, 2.05) is 0 Å². The van der Waals surface area contributed by atoms with Gasteiger partial charge in [-0.25, -0.2) is 0 Å². The van der Waals surface area contributed by atoms with E-state index in [1.54, 1.807) is 11.8 Å². The molecular weight excluding hydrogens is 234 g/mol. The zero-order valence-corrected chi connectivity index (χ0v) is 11.3. The van der Waals surface area contributed by atoms with Crippen LogP contribution in [0.4, 0.5) is 0 Å². The number of nitrogens with one attached hydrogen (secondary N) is 2. The molecule has 2 aliphatic heterocycles. The zero-order chi connectivity index (χ0) is 12.3. The summed E-state index contributed by atoms with van der Waals surface area (Å²) >= 11 is 1.79. The smallest absolute Gasteiger partial charge is 0.220 e. The summed E-state index contributed by atoms with van der Waals surface area (Å²) in [6.45, 7) is 5.19. The van der Waals surface area contributed by atoms with Gasteiger partial charge in [-0.3, -0.25) is 9.79 Å². The maximum absolute atomic E-state index is 11.1. The lowest BCUT2D eigenvalue weighted by Gasteiger charge is -2.28. The Bertz CT molecular complexity index is 317. The highest BCUT2D eigenvalue weighted by atomic mass is 32.2. The Morgan fingerprint density at radius 3 is 2.88 bits per heavy atom. The highest BCUT2D eigenvalue weighted by Gasteiger charge is 2.22. The van der Waals surface area contributed by atoms with Gasteiger partial charge in [0.15, 0.2) is 5.17 Å². The average molecular weight is 255 g/mol. The molecule has 2 saturated heterocycles. The van der Waals surface area contributed by atoms with E-state index in [2.05, 4.69) is 29.5 Å². The van der Waals surface area contributed by atoms with Gasteiger partial charge in [0.25, 0.3) is 0 Å². The molecule has 2 heterocycles. The molecule has 2 N–H and O–H groups in total. The van der Waals surface area contributed by atoms with Gasteiger partial charge in [-0.2, -0.15) is 0 Å². The molecule has 96 valence electrons. The third-order valence-electron chi connectivity index (χ3n) is 3.32. The van der Waals surface area contributed by atoms with Gasteiger partial charge in [0.2, 0.25) is 5.91 Å². The second-order valence-electron chi connectivity index (χ2n) is 5.08. The fourth-order valence-corrected chi connectivity index (χ4v) is 3.12. The van der Waals surface area contributed by atoms with Crippen LogP contribution in [0.5, 0.6) is 0 Å². The van der Waals surface area contributed by atoms with Crippen molar-refractivity contribution in [2.24, 2.45) is 10.9 Å². The number of thioether (sulfide) groups is 1. The Kier molecular flexibility index (Phi) is 4.31. The SMILES string of the molecule is CC(C)C1CCSC(=NCC2CCC(=O)N2)N1. The van der Waals surface area contributed by atoms with Crippen molar-refractivity contribution in [2.45, 2.75) is 45.2 Å². The van der Waals surface area contributed by atoms with Crippen molar-refractivity contribution < 1.29 is 4.79 Å². The Balaban J connectivity index is 1.82. The third-order valence-corrected chi connectivity index (χ3v) is 4.28. The van der Waals surface area contributed by atoms with Crippen molar-refractivity contribution >= 4 is 22.8 Å². The van der Waals surface area contributed by atoms with E-state index in [9.17, 15) is 4.79 Å². The van der Waals surface area contributed by atoms with Crippen LogP contribution in [0.15, 0.2) is 4.99 Å². The lowest BCUT2D eigenvalue weighted by molar-refractivity contribution is -0.119. The number of hydrogen-bond donors (Lipinski definition) is 2. The molecule has 1 amide bonds. The highest BCUT2D eigenvalue weighted by Crippen LogP contribution is 2.19. The highest BCUT2D eigenvalue weighted by molar-refractivity contribution is 8.13. The molecule has 2 unspecified atom stereocenters. The number of aliphatic imine (C=N–C) groups is 1. The van der Waals surface area contributed by atoms with E-state index in [0.29, 0.717) is 24.9 Å². The number of nitrogens with zero attached hydrogens (tertiary/aromatic N) is 1. The molecule has 0 aromatic heterocycles. The minimum atomic E-state index is 0.166. The van der Waals surface area contributed by atoms with Crippen molar-refractivity contribution in [3.63, 3.8) is 0 Å². The van der Waals surface area contributed by atoms with Crippen LogP contribution in [0.1, 0.15) is 33.1 Å². The van der Waals surface area contributed by atoms with E-state index in [1.165, 1.54) is 6.42 Å². The van der Waals surface area contributed by atoms with Crippen LogP contribution in [0.2, 0.25) is 0 Å². The summed E-state index contributed by atoms with van der Waals surface area (Å²) in [7, 11) is 0. The summed E-state index contributed by atoms with van der Waals surface area (Å²) in [6, 6.07) is 0.796. The van der Waals surface area contributed by atoms with Gasteiger partial charge in [0.1, 0.15) is 0 Å². The van der Waals surface area contributed by atoms with Crippen LogP contribution in [0.3, 0.4) is 0 Å². The predicted octanol–water partition coefficient (Wildman–Crippen LogP) is 1.37. The van der Waals surface area contributed by atoms with Gasteiger partial charge in [0.05, 0.1) is 6.54 Å². The van der Waals surface area contributed by atoms with Gasteiger partial charge in [-0.1, -0.05) is 25.6 Å². The predicted molar refractivity (Wildman–Crippen MR) is 72.3 cm³/mol. The zero-order valence-electron chi connectivity index (χ0n) is 10.5. The normalized spacial score (nSPS) is 31.7. The topological polar surface area (TPSA) is 53.5 Å². The lowest BCUT2D eigenvalue weighted by atomic mass is 10.0. The van der Waals surface area contributed by atoms with Crippen molar-refractivity contribution in [1.29, 1.82) is 0 Å². The summed E-state index contributed by atoms with van der Waals surface area (Å²) in [4.78, 5) is 15.7. The minimum absolute atomic E-state index is 0.166. The fraction of sp³-hybridized carbons (Fsp3) is 0.833. The van der Waals surface area contributed by atoms with Gasteiger partial charge >= 0.3 is 0 Å². The average Bonchev–Trinajstić information content (AvgIpc) is 2.73. The standard InChI is InChI=1S/C12H21N3OS/c1-8(2)10-5-6-17-12(15-10)13-7-9-3-4-11(16)14-9/h8-10H,3-7H2,1-2H3,(H,13,15)(H,14,16). The van der Waals surface area contributed by atoms with Crippen LogP contribution >= 0.6 is 11.8 Å². The van der Waals surface area contributed by atoms with E-state index in [-0.39, 0.29) is 11.9 Å². The number of hydrogen-bond acceptors (Lipinski definition) is 3. The Hall–Kier alpha value is -0.710. The van der Waals surface area contributed by atoms with Gasteiger partial charge in [0, 0.05) is 24.3 Å². The van der Waals surface area contributed by atoms with Gasteiger partial charge in [-0.05, 0) is 18.8 Å². The molecule has 0 bridgehead atoms. The van der Waals surface area contributed by atoms with E-state index in [0.717, 1.165) is 17.3 Å². The van der Waals surface area contributed by atoms with E-state index >= 15 is 0 Å². The largest absolute Gasteiger partial charge is 0.362 e. The maximum atomic E-state index is 11.1. The molecule has 0 aromatic carbocycles. The monoisotopic (exact) mass is 255 g/mol. The molecule has 2 rings (SSSR count). The molecule has 0 aromatic rings. The molecule has 0 spiro atoms. The van der Waals surface area contributed by atoms with Crippen molar-refractivity contribution in [3.05, 3.63) is 0 Å². The molecule has 4 nitrogen and oxygen atoms in total. The molecule has 0 aliphatic carbocycles. The molecule has 5 heteroatoms. The minimum Gasteiger partial charge on any atom is -0.362 e. The first-order valence-corrected chi connectivity index (χ1v) is 7.37. The van der Waals surface area contributed by atoms with Crippen LogP contribution in [-0.4, -0.2) is 35.5 Å². The molecule has 0 saturated carbocycles. The lowest BCUT2D eigenvalue weighted by Crippen LogP contribution is -2.41.